The lowest BCUT2D eigenvalue weighted by Gasteiger charge is -2.02. The molecule has 0 spiro atoms. The van der Waals surface area contributed by atoms with Crippen LogP contribution in [0.3, 0.4) is 0 Å². The Morgan fingerprint density at radius 2 is 2.06 bits per heavy atom. The van der Waals surface area contributed by atoms with Crippen LogP contribution >= 0.6 is 0 Å². The van der Waals surface area contributed by atoms with E-state index in [1.165, 1.54) is 18.2 Å². The average Bonchev–Trinajstić information content (AvgIpc) is 2.81. The predicted molar refractivity (Wildman–Crippen MR) is 62.7 cm³/mol. The summed E-state index contributed by atoms with van der Waals surface area (Å²) in [5.74, 6) is -0.919. The topological polar surface area (TPSA) is 68.0 Å². The summed E-state index contributed by atoms with van der Waals surface area (Å²) in [5.41, 5.74) is 0.0757. The van der Waals surface area contributed by atoms with Crippen LogP contribution in [0.4, 0.5) is 10.1 Å². The van der Waals surface area contributed by atoms with Crippen molar-refractivity contribution in [2.24, 2.45) is 0 Å². The summed E-state index contributed by atoms with van der Waals surface area (Å²) >= 11 is 0. The van der Waals surface area contributed by atoms with Crippen LogP contribution in [0.5, 0.6) is 0 Å². The monoisotopic (exact) mass is 249 g/mol. The van der Waals surface area contributed by atoms with Gasteiger partial charge in [0, 0.05) is 5.92 Å². The Bertz CT molecular complexity index is 566. The van der Waals surface area contributed by atoms with Gasteiger partial charge in [-0.15, -0.1) is 10.2 Å². The lowest BCUT2D eigenvalue weighted by atomic mass is 10.2. The van der Waals surface area contributed by atoms with E-state index in [0.29, 0.717) is 5.89 Å². The minimum Gasteiger partial charge on any atom is -0.417 e. The molecule has 18 heavy (non-hydrogen) atoms. The number of aromatic nitrogens is 2. The van der Waals surface area contributed by atoms with E-state index >= 15 is 0 Å². The highest BCUT2D eigenvalue weighted by atomic mass is 19.1. The van der Waals surface area contributed by atoms with Crippen molar-refractivity contribution in [3.05, 3.63) is 41.9 Å². The van der Waals surface area contributed by atoms with Gasteiger partial charge in [-0.3, -0.25) is 4.79 Å². The number of benzene rings is 1. The number of nitrogens with one attached hydrogen (secondary N) is 1. The summed E-state index contributed by atoms with van der Waals surface area (Å²) < 4.78 is 18.5. The van der Waals surface area contributed by atoms with Crippen LogP contribution in [0.2, 0.25) is 0 Å². The van der Waals surface area contributed by atoms with Crippen molar-refractivity contribution in [3.8, 4) is 0 Å². The molecule has 0 fully saturated rings. The molecule has 2 aromatic rings. The molecule has 0 aliphatic heterocycles. The molecule has 6 heteroatoms. The molecule has 0 atom stereocenters. The molecule has 0 bridgehead atoms. The summed E-state index contributed by atoms with van der Waals surface area (Å²) in [4.78, 5) is 11.7. The SMILES string of the molecule is CC(C)c1nnc(C(=O)Nc2ccccc2F)o1. The van der Waals surface area contributed by atoms with Crippen molar-refractivity contribution < 1.29 is 13.6 Å². The lowest BCUT2D eigenvalue weighted by molar-refractivity contribution is 0.0987. The average molecular weight is 249 g/mol. The van der Waals surface area contributed by atoms with Crippen molar-refractivity contribution >= 4 is 11.6 Å². The first kappa shape index (κ1) is 12.2. The number of halogens is 1. The summed E-state index contributed by atoms with van der Waals surface area (Å²) in [6, 6.07) is 5.86. The number of rotatable bonds is 3. The van der Waals surface area contributed by atoms with Crippen molar-refractivity contribution in [3.63, 3.8) is 0 Å². The zero-order valence-corrected chi connectivity index (χ0v) is 9.98. The van der Waals surface area contributed by atoms with E-state index < -0.39 is 11.7 Å². The number of nitrogens with zero attached hydrogens (tertiary/aromatic N) is 2. The second-order valence-corrected chi connectivity index (χ2v) is 4.03. The highest BCUT2D eigenvalue weighted by Gasteiger charge is 2.17. The maximum Gasteiger partial charge on any atom is 0.313 e. The van der Waals surface area contributed by atoms with Crippen LogP contribution in [0, 0.1) is 5.82 Å². The van der Waals surface area contributed by atoms with E-state index in [1.807, 2.05) is 13.8 Å². The quantitative estimate of drug-likeness (QED) is 0.907. The van der Waals surface area contributed by atoms with Gasteiger partial charge in [-0.1, -0.05) is 26.0 Å². The van der Waals surface area contributed by atoms with Gasteiger partial charge in [-0.25, -0.2) is 4.39 Å². The third kappa shape index (κ3) is 2.53. The van der Waals surface area contributed by atoms with Gasteiger partial charge in [-0.2, -0.15) is 0 Å². The van der Waals surface area contributed by atoms with Crippen molar-refractivity contribution in [2.75, 3.05) is 5.32 Å². The first-order chi connectivity index (χ1) is 8.58. The van der Waals surface area contributed by atoms with E-state index in [4.69, 9.17) is 4.42 Å². The molecule has 1 heterocycles. The van der Waals surface area contributed by atoms with Crippen LogP contribution in [0.1, 0.15) is 36.3 Å². The van der Waals surface area contributed by atoms with Crippen LogP contribution in [-0.4, -0.2) is 16.1 Å². The number of carbonyl (C=O) groups excluding carboxylic acids is 1. The summed E-state index contributed by atoms with van der Waals surface area (Å²) in [5, 5.41) is 9.71. The maximum atomic E-state index is 13.3. The molecule has 94 valence electrons. The first-order valence-electron chi connectivity index (χ1n) is 5.47. The van der Waals surface area contributed by atoms with Gasteiger partial charge >= 0.3 is 11.8 Å². The Balaban J connectivity index is 2.15. The molecular formula is C12H12FN3O2. The van der Waals surface area contributed by atoms with Crippen molar-refractivity contribution in [1.82, 2.24) is 10.2 Å². The van der Waals surface area contributed by atoms with Crippen molar-refractivity contribution in [2.45, 2.75) is 19.8 Å². The number of anilines is 1. The first-order valence-corrected chi connectivity index (χ1v) is 5.47. The highest BCUT2D eigenvalue weighted by Crippen LogP contribution is 2.15. The standard InChI is InChI=1S/C12H12FN3O2/c1-7(2)11-15-16-12(18-11)10(17)14-9-6-4-3-5-8(9)13/h3-7H,1-2H3,(H,14,17). The molecule has 0 saturated heterocycles. The number of amides is 1. The summed E-state index contributed by atoms with van der Waals surface area (Å²) in [6.07, 6.45) is 0. The normalized spacial score (nSPS) is 10.7. The molecule has 1 N–H and O–H groups in total. The molecule has 0 unspecified atom stereocenters. The number of para-hydroxylation sites is 1. The molecule has 1 amide bonds. The number of hydrogen-bond donors (Lipinski definition) is 1. The fourth-order valence-corrected chi connectivity index (χ4v) is 1.30. The Kier molecular flexibility index (Phi) is 3.36. The van der Waals surface area contributed by atoms with Crippen LogP contribution in [0.25, 0.3) is 0 Å². The summed E-state index contributed by atoms with van der Waals surface area (Å²) in [6.45, 7) is 3.73. The fraction of sp³-hybridized carbons (Fsp3) is 0.250. The minimum absolute atomic E-state index is 0.0347. The van der Waals surface area contributed by atoms with Gasteiger partial charge in [0.15, 0.2) is 0 Å². The van der Waals surface area contributed by atoms with Gasteiger partial charge in [0.1, 0.15) is 5.82 Å². The molecule has 5 nitrogen and oxygen atoms in total. The predicted octanol–water partition coefficient (Wildman–Crippen LogP) is 2.58. The van der Waals surface area contributed by atoms with E-state index in [-0.39, 0.29) is 17.5 Å². The Morgan fingerprint density at radius 3 is 2.67 bits per heavy atom. The van der Waals surface area contributed by atoms with Crippen LogP contribution < -0.4 is 5.32 Å². The Hall–Kier alpha value is -2.24. The maximum absolute atomic E-state index is 13.3. The lowest BCUT2D eigenvalue weighted by Crippen LogP contribution is -2.13. The smallest absolute Gasteiger partial charge is 0.313 e. The molecule has 0 saturated carbocycles. The van der Waals surface area contributed by atoms with Gasteiger partial charge in [0.05, 0.1) is 5.69 Å². The van der Waals surface area contributed by atoms with Crippen molar-refractivity contribution in [1.29, 1.82) is 0 Å². The number of carbonyl (C=O) groups is 1. The van der Waals surface area contributed by atoms with Gasteiger partial charge < -0.3 is 9.73 Å². The van der Waals surface area contributed by atoms with Gasteiger partial charge in [-0.05, 0) is 12.1 Å². The van der Waals surface area contributed by atoms with Gasteiger partial charge in [0.25, 0.3) is 0 Å². The van der Waals surface area contributed by atoms with E-state index in [2.05, 4.69) is 15.5 Å². The highest BCUT2D eigenvalue weighted by molar-refractivity contribution is 6.00. The molecular weight excluding hydrogens is 237 g/mol. The van der Waals surface area contributed by atoms with Gasteiger partial charge in [0.2, 0.25) is 5.89 Å². The molecule has 0 radical (unpaired) electrons. The van der Waals surface area contributed by atoms with E-state index in [1.54, 1.807) is 6.07 Å². The molecule has 1 aromatic carbocycles. The zero-order chi connectivity index (χ0) is 13.1. The third-order valence-corrected chi connectivity index (χ3v) is 2.25. The molecule has 0 aliphatic rings. The largest absolute Gasteiger partial charge is 0.417 e. The number of hydrogen-bond acceptors (Lipinski definition) is 4. The van der Waals surface area contributed by atoms with Crippen LogP contribution in [-0.2, 0) is 0 Å². The molecule has 2 rings (SSSR count). The fourth-order valence-electron chi connectivity index (χ4n) is 1.30. The second-order valence-electron chi connectivity index (χ2n) is 4.03. The minimum atomic E-state index is -0.625. The van der Waals surface area contributed by atoms with E-state index in [9.17, 15) is 9.18 Å². The Morgan fingerprint density at radius 1 is 1.33 bits per heavy atom. The third-order valence-electron chi connectivity index (χ3n) is 2.25. The summed E-state index contributed by atoms with van der Waals surface area (Å²) in [7, 11) is 0. The molecule has 1 aromatic heterocycles. The van der Waals surface area contributed by atoms with E-state index in [0.717, 1.165) is 0 Å². The zero-order valence-electron chi connectivity index (χ0n) is 9.98. The van der Waals surface area contributed by atoms with Crippen LogP contribution in [0.15, 0.2) is 28.7 Å². The molecule has 0 aliphatic carbocycles. The second kappa shape index (κ2) is 4.95. The Labute approximate surface area is 103 Å².